The monoisotopic (exact) mass is 178 g/mol. The number of aliphatic hydroxyl groups excluding tert-OH is 1. The highest BCUT2D eigenvalue weighted by molar-refractivity contribution is 4.63. The van der Waals surface area contributed by atoms with E-state index in [-0.39, 0.29) is 12.5 Å². The average molecular weight is 178 g/mol. The zero-order chi connectivity index (χ0) is 9.61. The van der Waals surface area contributed by atoms with E-state index in [1.807, 2.05) is 6.92 Å². The van der Waals surface area contributed by atoms with E-state index in [2.05, 4.69) is 0 Å². The van der Waals surface area contributed by atoms with Gasteiger partial charge in [-0.25, -0.2) is 0 Å². The summed E-state index contributed by atoms with van der Waals surface area (Å²) in [5, 5.41) is 18.2. The van der Waals surface area contributed by atoms with Gasteiger partial charge in [-0.3, -0.25) is 0 Å². The molecule has 0 bridgehead atoms. The number of hydrogen-bond donors (Lipinski definition) is 2. The number of aliphatic hydroxyl groups is 2. The summed E-state index contributed by atoms with van der Waals surface area (Å²) in [7, 11) is 2.78. The second-order valence-corrected chi connectivity index (χ2v) is 2.81. The number of ether oxygens (including phenoxy) is 2. The molecular weight excluding hydrogens is 160 g/mol. The zero-order valence-corrected chi connectivity index (χ0v) is 7.91. The summed E-state index contributed by atoms with van der Waals surface area (Å²) in [5.41, 5.74) is 0. The second-order valence-electron chi connectivity index (χ2n) is 2.81. The van der Waals surface area contributed by atoms with Gasteiger partial charge in [-0.2, -0.15) is 0 Å². The van der Waals surface area contributed by atoms with Gasteiger partial charge in [0.05, 0.1) is 0 Å². The van der Waals surface area contributed by atoms with Gasteiger partial charge in [0, 0.05) is 26.7 Å². The Kier molecular flexibility index (Phi) is 5.41. The van der Waals surface area contributed by atoms with Crippen LogP contribution in [0.3, 0.4) is 0 Å². The molecule has 0 amide bonds. The van der Waals surface area contributed by atoms with Crippen LogP contribution in [-0.2, 0) is 9.47 Å². The highest BCUT2D eigenvalue weighted by Crippen LogP contribution is 2.22. The molecule has 1 unspecified atom stereocenters. The highest BCUT2D eigenvalue weighted by atomic mass is 16.8. The first-order chi connectivity index (χ1) is 5.60. The zero-order valence-electron chi connectivity index (χ0n) is 7.91. The number of methoxy groups -OCH3 is 2. The van der Waals surface area contributed by atoms with Gasteiger partial charge in [-0.15, -0.1) is 0 Å². The third-order valence-electron chi connectivity index (χ3n) is 2.00. The van der Waals surface area contributed by atoms with Crippen molar-refractivity contribution in [3.05, 3.63) is 0 Å². The first-order valence-corrected chi connectivity index (χ1v) is 4.04. The van der Waals surface area contributed by atoms with Crippen molar-refractivity contribution in [1.29, 1.82) is 0 Å². The summed E-state index contributed by atoms with van der Waals surface area (Å²) < 4.78 is 9.59. The third-order valence-corrected chi connectivity index (χ3v) is 2.00. The number of hydrogen-bond acceptors (Lipinski definition) is 4. The van der Waals surface area contributed by atoms with Crippen LogP contribution in [0.25, 0.3) is 0 Å². The van der Waals surface area contributed by atoms with Crippen LogP contribution in [0.4, 0.5) is 0 Å². The van der Waals surface area contributed by atoms with Crippen molar-refractivity contribution in [3.63, 3.8) is 0 Å². The lowest BCUT2D eigenvalue weighted by atomic mass is 10.0. The fraction of sp³-hybridized carbons (Fsp3) is 1.00. The quantitative estimate of drug-likeness (QED) is 0.576. The first-order valence-electron chi connectivity index (χ1n) is 4.04. The molecule has 0 aromatic rings. The molecule has 0 spiro atoms. The summed E-state index contributed by atoms with van der Waals surface area (Å²) in [4.78, 5) is 0. The van der Waals surface area contributed by atoms with Crippen molar-refractivity contribution < 1.29 is 19.7 Å². The number of rotatable bonds is 6. The Labute approximate surface area is 73.1 Å². The van der Waals surface area contributed by atoms with Crippen LogP contribution >= 0.6 is 0 Å². The van der Waals surface area contributed by atoms with Crippen LogP contribution in [-0.4, -0.2) is 37.0 Å². The van der Waals surface area contributed by atoms with Crippen LogP contribution in [0.5, 0.6) is 0 Å². The molecule has 0 aliphatic carbocycles. The smallest absolute Gasteiger partial charge is 0.282 e. The lowest BCUT2D eigenvalue weighted by Gasteiger charge is -2.30. The van der Waals surface area contributed by atoms with Crippen LogP contribution in [0.15, 0.2) is 0 Å². The third kappa shape index (κ3) is 3.06. The fourth-order valence-corrected chi connectivity index (χ4v) is 1.07. The van der Waals surface area contributed by atoms with Gasteiger partial charge in [-0.05, 0) is 12.8 Å². The molecule has 0 radical (unpaired) electrons. The van der Waals surface area contributed by atoms with E-state index < -0.39 is 5.97 Å². The van der Waals surface area contributed by atoms with Gasteiger partial charge >= 0.3 is 0 Å². The summed E-state index contributed by atoms with van der Waals surface area (Å²) in [6, 6.07) is 0. The lowest BCUT2D eigenvalue weighted by Crippen LogP contribution is -2.40. The summed E-state index contributed by atoms with van der Waals surface area (Å²) >= 11 is 0. The molecule has 0 aliphatic rings. The van der Waals surface area contributed by atoms with Gasteiger partial charge in [0.15, 0.2) is 0 Å². The minimum absolute atomic E-state index is 0.119. The van der Waals surface area contributed by atoms with Crippen LogP contribution in [0.2, 0.25) is 0 Å². The highest BCUT2D eigenvalue weighted by Gasteiger charge is 2.33. The van der Waals surface area contributed by atoms with Crippen molar-refractivity contribution in [1.82, 2.24) is 0 Å². The predicted molar refractivity (Wildman–Crippen MR) is 44.5 cm³/mol. The minimum Gasteiger partial charge on any atom is -0.396 e. The normalized spacial score (nSPS) is 14.8. The Hall–Kier alpha value is -0.160. The van der Waals surface area contributed by atoms with Crippen molar-refractivity contribution in [3.8, 4) is 0 Å². The maximum absolute atomic E-state index is 9.60. The van der Waals surface area contributed by atoms with E-state index in [1.165, 1.54) is 14.2 Å². The van der Waals surface area contributed by atoms with E-state index in [0.717, 1.165) is 0 Å². The van der Waals surface area contributed by atoms with Crippen LogP contribution in [0, 0.1) is 5.92 Å². The standard InChI is InChI=1S/C8H18O4/c1-7(5-4-6-9)8(10,11-2)12-3/h7,9-10H,4-6H2,1-3H3. The van der Waals surface area contributed by atoms with Gasteiger partial charge < -0.3 is 19.7 Å². The molecule has 0 saturated heterocycles. The van der Waals surface area contributed by atoms with E-state index in [4.69, 9.17) is 14.6 Å². The molecule has 1 atom stereocenters. The van der Waals surface area contributed by atoms with Crippen molar-refractivity contribution >= 4 is 0 Å². The molecule has 0 aliphatic heterocycles. The molecule has 0 saturated carbocycles. The molecule has 2 N–H and O–H groups in total. The largest absolute Gasteiger partial charge is 0.396 e. The molecule has 0 fully saturated rings. The van der Waals surface area contributed by atoms with Gasteiger partial charge in [0.1, 0.15) is 0 Å². The predicted octanol–water partition coefficient (Wildman–Crippen LogP) is 0.334. The maximum Gasteiger partial charge on any atom is 0.282 e. The summed E-state index contributed by atoms with van der Waals surface area (Å²) in [6.45, 7) is 1.93. The van der Waals surface area contributed by atoms with Crippen molar-refractivity contribution in [2.45, 2.75) is 25.7 Å². The fourth-order valence-electron chi connectivity index (χ4n) is 1.07. The summed E-state index contributed by atoms with van der Waals surface area (Å²) in [6.07, 6.45) is 1.30. The van der Waals surface area contributed by atoms with E-state index >= 15 is 0 Å². The molecule has 0 heterocycles. The Balaban J connectivity index is 3.93. The molecule has 0 aromatic heterocycles. The van der Waals surface area contributed by atoms with E-state index in [1.54, 1.807) is 0 Å². The van der Waals surface area contributed by atoms with Crippen molar-refractivity contribution in [2.24, 2.45) is 5.92 Å². The first kappa shape index (κ1) is 11.8. The Morgan fingerprint density at radius 1 is 1.33 bits per heavy atom. The Morgan fingerprint density at radius 3 is 2.17 bits per heavy atom. The van der Waals surface area contributed by atoms with Crippen molar-refractivity contribution in [2.75, 3.05) is 20.8 Å². The van der Waals surface area contributed by atoms with E-state index in [9.17, 15) is 5.11 Å². The molecular formula is C8H18O4. The second kappa shape index (κ2) is 5.48. The minimum atomic E-state index is -1.52. The lowest BCUT2D eigenvalue weighted by molar-refractivity contribution is -0.365. The van der Waals surface area contributed by atoms with Gasteiger partial charge in [-0.1, -0.05) is 6.92 Å². The molecule has 4 nitrogen and oxygen atoms in total. The SMILES string of the molecule is COC(O)(OC)C(C)CCCO. The van der Waals surface area contributed by atoms with Crippen LogP contribution < -0.4 is 0 Å². The Morgan fingerprint density at radius 2 is 1.83 bits per heavy atom. The van der Waals surface area contributed by atoms with Gasteiger partial charge in [0.2, 0.25) is 0 Å². The molecule has 4 heteroatoms. The van der Waals surface area contributed by atoms with Gasteiger partial charge in [0.25, 0.3) is 5.97 Å². The molecule has 0 aromatic carbocycles. The average Bonchev–Trinajstić information content (AvgIpc) is 2.12. The Bertz CT molecular complexity index is 112. The molecule has 74 valence electrons. The van der Waals surface area contributed by atoms with E-state index in [0.29, 0.717) is 12.8 Å². The topological polar surface area (TPSA) is 58.9 Å². The molecule has 0 rings (SSSR count). The van der Waals surface area contributed by atoms with Crippen LogP contribution in [0.1, 0.15) is 19.8 Å². The maximum atomic E-state index is 9.60. The summed E-state index contributed by atoms with van der Waals surface area (Å²) in [5.74, 6) is -1.67. The molecule has 12 heavy (non-hydrogen) atoms.